The van der Waals surface area contributed by atoms with Crippen molar-refractivity contribution in [2.45, 2.75) is 54.6 Å². The predicted octanol–water partition coefficient (Wildman–Crippen LogP) is 3.04. The van der Waals surface area contributed by atoms with Gasteiger partial charge in [0.1, 0.15) is 18.2 Å². The molecular weight excluding hydrogens is 576 g/mol. The van der Waals surface area contributed by atoms with Crippen molar-refractivity contribution in [1.29, 1.82) is 0 Å². The van der Waals surface area contributed by atoms with Gasteiger partial charge in [0.15, 0.2) is 0 Å². The maximum atomic E-state index is 14.6. The summed E-state index contributed by atoms with van der Waals surface area (Å²) in [6.45, 7) is 2.11. The molecule has 226 valence electrons. The van der Waals surface area contributed by atoms with E-state index in [2.05, 4.69) is 20.9 Å². The Labute approximate surface area is 259 Å². The van der Waals surface area contributed by atoms with Gasteiger partial charge in [0.2, 0.25) is 17.7 Å². The highest BCUT2D eigenvalue weighted by atomic mass is 32.2. The van der Waals surface area contributed by atoms with Gasteiger partial charge >= 0.3 is 0 Å². The van der Waals surface area contributed by atoms with E-state index in [4.69, 9.17) is 0 Å². The van der Waals surface area contributed by atoms with Crippen molar-refractivity contribution < 1.29 is 19.5 Å². The molecule has 2 unspecified atom stereocenters. The molecule has 3 aliphatic rings. The molecular formula is C33H34N6O4S. The quantitative estimate of drug-likeness (QED) is 0.266. The zero-order valence-corrected chi connectivity index (χ0v) is 25.1. The lowest BCUT2D eigenvalue weighted by Gasteiger charge is -2.37. The van der Waals surface area contributed by atoms with Gasteiger partial charge in [-0.25, -0.2) is 4.68 Å². The van der Waals surface area contributed by atoms with E-state index in [1.54, 1.807) is 21.3 Å². The van der Waals surface area contributed by atoms with Crippen molar-refractivity contribution in [3.8, 4) is 0 Å². The lowest BCUT2D eigenvalue weighted by Crippen LogP contribution is -2.55. The number of likely N-dealkylation sites (tertiary alicyclic amines) is 1. The van der Waals surface area contributed by atoms with E-state index in [-0.39, 0.29) is 31.0 Å². The van der Waals surface area contributed by atoms with Crippen LogP contribution in [0.3, 0.4) is 0 Å². The number of aromatic nitrogens is 3. The van der Waals surface area contributed by atoms with Crippen molar-refractivity contribution in [2.24, 2.45) is 11.8 Å². The van der Waals surface area contributed by atoms with E-state index in [1.807, 2.05) is 91.9 Å². The molecule has 3 saturated heterocycles. The number of amides is 3. The maximum absolute atomic E-state index is 14.6. The third-order valence-electron chi connectivity index (χ3n) is 9.57. The molecule has 4 heterocycles. The monoisotopic (exact) mass is 610 g/mol. The van der Waals surface area contributed by atoms with Crippen LogP contribution in [-0.2, 0) is 27.6 Å². The summed E-state index contributed by atoms with van der Waals surface area (Å²) in [5, 5.41) is 25.2. The highest BCUT2D eigenvalue weighted by Crippen LogP contribution is 2.72. The predicted molar refractivity (Wildman–Crippen MR) is 166 cm³/mol. The molecule has 3 fully saturated rings. The van der Waals surface area contributed by atoms with Gasteiger partial charge in [0.05, 0.1) is 34.7 Å². The van der Waals surface area contributed by atoms with Crippen molar-refractivity contribution in [3.05, 3.63) is 96.1 Å². The zero-order chi connectivity index (χ0) is 30.5. The zero-order valence-electron chi connectivity index (χ0n) is 24.3. The van der Waals surface area contributed by atoms with E-state index in [0.29, 0.717) is 24.9 Å². The molecule has 2 bridgehead atoms. The van der Waals surface area contributed by atoms with Crippen LogP contribution in [0.4, 0.5) is 0 Å². The fourth-order valence-electron chi connectivity index (χ4n) is 7.61. The van der Waals surface area contributed by atoms with Gasteiger partial charge in [0, 0.05) is 11.3 Å². The molecule has 3 amide bonds. The Balaban J connectivity index is 1.24. The topological polar surface area (TPSA) is 129 Å². The molecule has 4 aromatic rings. The first-order chi connectivity index (χ1) is 21.4. The van der Waals surface area contributed by atoms with Crippen molar-refractivity contribution in [1.82, 2.24) is 30.5 Å². The van der Waals surface area contributed by atoms with E-state index in [1.165, 1.54) is 0 Å². The summed E-state index contributed by atoms with van der Waals surface area (Å²) in [5.74, 6) is -2.11. The standard InChI is InChI=1S/C33H34N6O4S/c1-32-16-17-33(44-32)27(26(32)29(41)34-18-21-10-4-2-5-11-21)31(43)39(25(19-40)22-12-6-3-7-13-22)28(33)30(42)35-20-38-24-15-9-8-14-23(24)36-37-38/h2-15,25-28,40H,16-20H2,1H3,(H,34,41)(H,35,42)/t25-,26+,27+,28?,32-,33?/m1/s1. The van der Waals surface area contributed by atoms with Crippen molar-refractivity contribution in [2.75, 3.05) is 6.61 Å². The first-order valence-corrected chi connectivity index (χ1v) is 15.7. The minimum Gasteiger partial charge on any atom is -0.394 e. The van der Waals surface area contributed by atoms with Crippen LogP contribution in [0.2, 0.25) is 0 Å². The second-order valence-electron chi connectivity index (χ2n) is 12.1. The van der Waals surface area contributed by atoms with Crippen molar-refractivity contribution >= 4 is 40.5 Å². The molecule has 3 aliphatic heterocycles. The Morgan fingerprint density at radius 1 is 0.977 bits per heavy atom. The first kappa shape index (κ1) is 28.5. The number of benzene rings is 3. The summed E-state index contributed by atoms with van der Waals surface area (Å²) in [5.41, 5.74) is 3.19. The van der Waals surface area contributed by atoms with Gasteiger partial charge in [-0.2, -0.15) is 0 Å². The largest absolute Gasteiger partial charge is 0.394 e. The summed E-state index contributed by atoms with van der Waals surface area (Å²) >= 11 is 1.60. The number of para-hydroxylation sites is 1. The SMILES string of the molecule is C[C@]12CCC3(S1)C(C(=O)NCn1nnc4ccccc41)N([C@H](CO)c1ccccc1)C(=O)[C@@H]3[C@H]2C(=O)NCc1ccccc1. The number of hydrogen-bond acceptors (Lipinski definition) is 7. The lowest BCUT2D eigenvalue weighted by atomic mass is 9.66. The Bertz CT molecular complexity index is 1720. The number of hydrogen-bond donors (Lipinski definition) is 3. The Morgan fingerprint density at radius 2 is 1.68 bits per heavy atom. The molecule has 1 spiro atoms. The maximum Gasteiger partial charge on any atom is 0.245 e. The minimum atomic E-state index is -0.897. The van der Waals surface area contributed by atoms with Gasteiger partial charge in [0.25, 0.3) is 0 Å². The minimum absolute atomic E-state index is 0.0661. The number of aliphatic hydroxyl groups excluding tert-OH is 1. The molecule has 0 saturated carbocycles. The number of rotatable bonds is 9. The number of thioether (sulfide) groups is 1. The molecule has 0 aliphatic carbocycles. The smallest absolute Gasteiger partial charge is 0.245 e. The number of nitrogens with zero attached hydrogens (tertiary/aromatic N) is 4. The molecule has 6 atom stereocenters. The Hall–Kier alpha value is -4.22. The third kappa shape index (κ3) is 4.48. The molecule has 1 aromatic heterocycles. The van der Waals surface area contributed by atoms with E-state index < -0.39 is 33.4 Å². The van der Waals surface area contributed by atoms with Crippen molar-refractivity contribution in [3.63, 3.8) is 0 Å². The summed E-state index contributed by atoms with van der Waals surface area (Å²) < 4.78 is 0.289. The van der Waals surface area contributed by atoms with Crippen LogP contribution in [0.5, 0.6) is 0 Å². The van der Waals surface area contributed by atoms with Gasteiger partial charge < -0.3 is 20.6 Å². The van der Waals surface area contributed by atoms with Gasteiger partial charge in [-0.05, 0) is 43.0 Å². The molecule has 3 N–H and O–H groups in total. The number of carbonyl (C=O) groups is 3. The van der Waals surface area contributed by atoms with Crippen LogP contribution in [0.25, 0.3) is 11.0 Å². The molecule has 10 nitrogen and oxygen atoms in total. The lowest BCUT2D eigenvalue weighted by molar-refractivity contribution is -0.143. The van der Waals surface area contributed by atoms with E-state index >= 15 is 0 Å². The van der Waals surface area contributed by atoms with Gasteiger partial charge in [-0.3, -0.25) is 14.4 Å². The summed E-state index contributed by atoms with van der Waals surface area (Å²) in [4.78, 5) is 44.4. The molecule has 11 heteroatoms. The van der Waals surface area contributed by atoms with Crippen LogP contribution in [0.15, 0.2) is 84.9 Å². The average molecular weight is 611 g/mol. The number of fused-ring (bicyclic) bond motifs is 2. The van der Waals surface area contributed by atoms with Crippen LogP contribution >= 0.6 is 11.8 Å². The molecule has 3 aromatic carbocycles. The summed E-state index contributed by atoms with van der Waals surface area (Å²) in [7, 11) is 0. The fraction of sp³-hybridized carbons (Fsp3) is 0.364. The number of carbonyl (C=O) groups excluding carboxylic acids is 3. The van der Waals surface area contributed by atoms with Gasteiger partial charge in [-0.1, -0.05) is 78.0 Å². The van der Waals surface area contributed by atoms with Crippen LogP contribution in [0.1, 0.15) is 36.9 Å². The molecule has 0 radical (unpaired) electrons. The van der Waals surface area contributed by atoms with Gasteiger partial charge in [-0.15, -0.1) is 16.9 Å². The van der Waals surface area contributed by atoms with E-state index in [9.17, 15) is 19.5 Å². The number of aliphatic hydroxyl groups is 1. The van der Waals surface area contributed by atoms with Crippen LogP contribution in [0, 0.1) is 11.8 Å². The molecule has 7 rings (SSSR count). The normalized spacial score (nSPS) is 27.8. The number of nitrogens with one attached hydrogen (secondary N) is 2. The van der Waals surface area contributed by atoms with Crippen LogP contribution < -0.4 is 10.6 Å². The van der Waals surface area contributed by atoms with Crippen LogP contribution in [-0.4, -0.2) is 64.9 Å². The fourth-order valence-corrected chi connectivity index (χ4v) is 9.95. The summed E-state index contributed by atoms with van der Waals surface area (Å²) in [6, 6.07) is 24.8. The highest BCUT2D eigenvalue weighted by Gasteiger charge is 2.77. The second kappa shape index (κ2) is 11.0. The average Bonchev–Trinajstić information content (AvgIpc) is 3.76. The third-order valence-corrected chi connectivity index (χ3v) is 11.6. The van der Waals surface area contributed by atoms with E-state index in [0.717, 1.165) is 16.6 Å². The Kier molecular flexibility index (Phi) is 7.17. The molecule has 44 heavy (non-hydrogen) atoms. The summed E-state index contributed by atoms with van der Waals surface area (Å²) in [6.07, 6.45) is 1.31. The first-order valence-electron chi connectivity index (χ1n) is 14.9. The Morgan fingerprint density at radius 3 is 2.43 bits per heavy atom. The second-order valence-corrected chi connectivity index (χ2v) is 14.0. The highest BCUT2D eigenvalue weighted by molar-refractivity contribution is 8.02.